The van der Waals surface area contributed by atoms with Crippen LogP contribution in [0, 0.1) is 0 Å². The van der Waals surface area contributed by atoms with Gasteiger partial charge in [0.05, 0.1) is 11.8 Å². The van der Waals surface area contributed by atoms with E-state index >= 15 is 0 Å². The average molecular weight is 310 g/mol. The Bertz CT molecular complexity index is 566. The average Bonchev–Trinajstić information content (AvgIpc) is 2.47. The van der Waals surface area contributed by atoms with Gasteiger partial charge in [-0.15, -0.1) is 0 Å². The molecule has 1 aromatic carbocycles. The Morgan fingerprint density at radius 1 is 1.19 bits per heavy atom. The van der Waals surface area contributed by atoms with Gasteiger partial charge in [-0.1, -0.05) is 30.3 Å². The van der Waals surface area contributed by atoms with Crippen LogP contribution in [0.2, 0.25) is 0 Å². The van der Waals surface area contributed by atoms with E-state index in [1.807, 2.05) is 6.07 Å². The number of carbonyl (C=O) groups excluding carboxylic acids is 1. The fraction of sp³-hybridized carbons (Fsp3) is 0.533. The highest BCUT2D eigenvalue weighted by Crippen LogP contribution is 2.11. The second-order valence-corrected chi connectivity index (χ2v) is 7.22. The highest BCUT2D eigenvalue weighted by molar-refractivity contribution is 7.88. The van der Waals surface area contributed by atoms with Gasteiger partial charge < -0.3 is 4.90 Å². The number of piperidine rings is 1. The topological polar surface area (TPSA) is 66.5 Å². The van der Waals surface area contributed by atoms with Gasteiger partial charge in [0.2, 0.25) is 15.9 Å². The first-order valence-electron chi connectivity index (χ1n) is 7.31. The SMILES string of the molecule is C[C@@H](NS(=O)(=O)Cc1ccccc1)C(=O)N1CCCCC1. The summed E-state index contributed by atoms with van der Waals surface area (Å²) in [5, 5.41) is 0. The van der Waals surface area contributed by atoms with Gasteiger partial charge in [-0.2, -0.15) is 0 Å². The maximum absolute atomic E-state index is 12.2. The summed E-state index contributed by atoms with van der Waals surface area (Å²) >= 11 is 0. The lowest BCUT2D eigenvalue weighted by atomic mass is 10.1. The van der Waals surface area contributed by atoms with Crippen LogP contribution in [0.5, 0.6) is 0 Å². The molecule has 0 radical (unpaired) electrons. The smallest absolute Gasteiger partial charge is 0.240 e. The molecule has 1 heterocycles. The summed E-state index contributed by atoms with van der Waals surface area (Å²) < 4.78 is 26.7. The molecule has 2 rings (SSSR count). The Hall–Kier alpha value is -1.40. The lowest BCUT2D eigenvalue weighted by Gasteiger charge is -2.29. The van der Waals surface area contributed by atoms with Gasteiger partial charge >= 0.3 is 0 Å². The number of hydrogen-bond acceptors (Lipinski definition) is 3. The minimum atomic E-state index is -3.52. The third kappa shape index (κ3) is 4.82. The van der Waals surface area contributed by atoms with Crippen LogP contribution in [0.4, 0.5) is 0 Å². The first kappa shape index (κ1) is 16.0. The zero-order valence-electron chi connectivity index (χ0n) is 12.3. The number of nitrogens with one attached hydrogen (secondary N) is 1. The normalized spacial score (nSPS) is 17.5. The second-order valence-electron chi connectivity index (χ2n) is 5.47. The predicted molar refractivity (Wildman–Crippen MR) is 82.1 cm³/mol. The van der Waals surface area contributed by atoms with Crippen molar-refractivity contribution in [3.63, 3.8) is 0 Å². The van der Waals surface area contributed by atoms with Crippen LogP contribution in [0.25, 0.3) is 0 Å². The zero-order chi connectivity index (χ0) is 15.3. The van der Waals surface area contributed by atoms with E-state index in [1.54, 1.807) is 36.1 Å². The third-order valence-corrected chi connectivity index (χ3v) is 5.02. The molecule has 1 aromatic rings. The number of carbonyl (C=O) groups is 1. The summed E-state index contributed by atoms with van der Waals surface area (Å²) in [6.07, 6.45) is 3.13. The molecule has 1 saturated heterocycles. The van der Waals surface area contributed by atoms with E-state index < -0.39 is 16.1 Å². The van der Waals surface area contributed by atoms with E-state index in [9.17, 15) is 13.2 Å². The van der Waals surface area contributed by atoms with E-state index in [2.05, 4.69) is 4.72 Å². The van der Waals surface area contributed by atoms with Crippen LogP contribution >= 0.6 is 0 Å². The lowest BCUT2D eigenvalue weighted by molar-refractivity contribution is -0.133. The third-order valence-electron chi connectivity index (χ3n) is 3.59. The summed E-state index contributed by atoms with van der Waals surface area (Å²) in [5.74, 6) is -0.239. The van der Waals surface area contributed by atoms with Crippen LogP contribution in [-0.4, -0.2) is 38.4 Å². The Morgan fingerprint density at radius 3 is 2.43 bits per heavy atom. The summed E-state index contributed by atoms with van der Waals surface area (Å²) in [4.78, 5) is 14.0. The summed E-state index contributed by atoms with van der Waals surface area (Å²) in [7, 11) is -3.52. The number of benzene rings is 1. The number of amides is 1. The number of hydrogen-bond donors (Lipinski definition) is 1. The minimum absolute atomic E-state index is 0.106. The molecule has 0 aliphatic carbocycles. The molecular weight excluding hydrogens is 288 g/mol. The van der Waals surface area contributed by atoms with Gasteiger partial charge in [0.15, 0.2) is 0 Å². The Kier molecular flexibility index (Phi) is 5.36. The van der Waals surface area contributed by atoms with Crippen LogP contribution in [0.1, 0.15) is 31.7 Å². The number of nitrogens with zero attached hydrogens (tertiary/aromatic N) is 1. The fourth-order valence-electron chi connectivity index (χ4n) is 2.54. The van der Waals surface area contributed by atoms with E-state index in [-0.39, 0.29) is 11.7 Å². The number of sulfonamides is 1. The molecule has 1 aliphatic heterocycles. The van der Waals surface area contributed by atoms with Gasteiger partial charge in [-0.3, -0.25) is 4.79 Å². The van der Waals surface area contributed by atoms with Crippen LogP contribution < -0.4 is 4.72 Å². The first-order chi connectivity index (χ1) is 9.98. The van der Waals surface area contributed by atoms with Crippen molar-refractivity contribution < 1.29 is 13.2 Å². The summed E-state index contributed by atoms with van der Waals surface area (Å²) in [6.45, 7) is 3.06. The fourth-order valence-corrected chi connectivity index (χ4v) is 3.90. The van der Waals surface area contributed by atoms with Gasteiger partial charge in [0.1, 0.15) is 0 Å². The Labute approximate surface area is 126 Å². The molecule has 1 amide bonds. The molecule has 0 unspecified atom stereocenters. The molecular formula is C15H22N2O3S. The molecule has 0 aromatic heterocycles. The highest BCUT2D eigenvalue weighted by Gasteiger charge is 2.25. The van der Waals surface area contributed by atoms with Crippen LogP contribution in [0.3, 0.4) is 0 Å². The zero-order valence-corrected chi connectivity index (χ0v) is 13.1. The molecule has 116 valence electrons. The standard InChI is InChI=1S/C15H22N2O3S/c1-13(15(18)17-10-6-3-7-11-17)16-21(19,20)12-14-8-4-2-5-9-14/h2,4-5,8-9,13,16H,3,6-7,10-12H2,1H3/t13-/m1/s1. The second kappa shape index (κ2) is 7.04. The van der Waals surface area contributed by atoms with Crippen molar-refractivity contribution in [3.8, 4) is 0 Å². The minimum Gasteiger partial charge on any atom is -0.341 e. The van der Waals surface area contributed by atoms with Crippen molar-refractivity contribution in [2.75, 3.05) is 13.1 Å². The van der Waals surface area contributed by atoms with E-state index in [1.165, 1.54) is 0 Å². The van der Waals surface area contributed by atoms with Gasteiger partial charge in [-0.05, 0) is 31.7 Å². The van der Waals surface area contributed by atoms with E-state index in [0.29, 0.717) is 5.56 Å². The summed E-state index contributed by atoms with van der Waals surface area (Å²) in [6, 6.07) is 8.25. The first-order valence-corrected chi connectivity index (χ1v) is 8.96. The molecule has 0 saturated carbocycles. The highest BCUT2D eigenvalue weighted by atomic mass is 32.2. The quantitative estimate of drug-likeness (QED) is 0.896. The van der Waals surface area contributed by atoms with Crippen molar-refractivity contribution in [1.82, 2.24) is 9.62 Å². The van der Waals surface area contributed by atoms with Crippen molar-refractivity contribution >= 4 is 15.9 Å². The van der Waals surface area contributed by atoms with Crippen molar-refractivity contribution in [2.24, 2.45) is 0 Å². The van der Waals surface area contributed by atoms with Crippen molar-refractivity contribution in [1.29, 1.82) is 0 Å². The number of rotatable bonds is 5. The molecule has 0 spiro atoms. The maximum atomic E-state index is 12.2. The monoisotopic (exact) mass is 310 g/mol. The predicted octanol–water partition coefficient (Wildman–Crippen LogP) is 1.51. The molecule has 1 atom stereocenters. The molecule has 1 fully saturated rings. The lowest BCUT2D eigenvalue weighted by Crippen LogP contribution is -2.48. The Balaban J connectivity index is 1.94. The van der Waals surface area contributed by atoms with Crippen LogP contribution in [-0.2, 0) is 20.6 Å². The molecule has 21 heavy (non-hydrogen) atoms. The van der Waals surface area contributed by atoms with E-state index in [0.717, 1.165) is 32.4 Å². The summed E-state index contributed by atoms with van der Waals surface area (Å²) in [5.41, 5.74) is 0.711. The van der Waals surface area contributed by atoms with Crippen molar-refractivity contribution in [2.45, 2.75) is 38.0 Å². The van der Waals surface area contributed by atoms with Gasteiger partial charge in [0, 0.05) is 13.1 Å². The Morgan fingerprint density at radius 2 is 1.81 bits per heavy atom. The number of likely N-dealkylation sites (tertiary alicyclic amines) is 1. The van der Waals surface area contributed by atoms with Crippen molar-refractivity contribution in [3.05, 3.63) is 35.9 Å². The molecule has 1 N–H and O–H groups in total. The maximum Gasteiger partial charge on any atom is 0.240 e. The van der Waals surface area contributed by atoms with Gasteiger partial charge in [-0.25, -0.2) is 13.1 Å². The molecule has 1 aliphatic rings. The van der Waals surface area contributed by atoms with Crippen LogP contribution in [0.15, 0.2) is 30.3 Å². The van der Waals surface area contributed by atoms with Gasteiger partial charge in [0.25, 0.3) is 0 Å². The molecule has 5 nitrogen and oxygen atoms in total. The van der Waals surface area contributed by atoms with E-state index in [4.69, 9.17) is 0 Å². The molecule has 0 bridgehead atoms. The largest absolute Gasteiger partial charge is 0.341 e. The molecule has 6 heteroatoms.